The number of furan rings is 1. The van der Waals surface area contributed by atoms with Crippen LogP contribution in [0, 0.1) is 6.92 Å². The maximum absolute atomic E-state index is 12.3. The number of hydrogen-bond acceptors (Lipinski definition) is 4. The SMILES string of the molecule is Cc1ccc2c(c1)nc(CN1CCN(C(=O)c3ccco3)CC1)n2C. The van der Waals surface area contributed by atoms with Crippen LogP contribution in [0.2, 0.25) is 0 Å². The van der Waals surface area contributed by atoms with Crippen molar-refractivity contribution in [3.8, 4) is 0 Å². The lowest BCUT2D eigenvalue weighted by Crippen LogP contribution is -2.48. The topological polar surface area (TPSA) is 54.5 Å². The van der Waals surface area contributed by atoms with E-state index < -0.39 is 0 Å². The average Bonchev–Trinajstić information content (AvgIpc) is 3.24. The predicted molar refractivity (Wildman–Crippen MR) is 95.3 cm³/mol. The molecule has 0 atom stereocenters. The summed E-state index contributed by atoms with van der Waals surface area (Å²) in [5, 5.41) is 0. The van der Waals surface area contributed by atoms with E-state index in [0.717, 1.165) is 36.5 Å². The standard InChI is InChI=1S/C19H22N4O2/c1-14-5-6-16-15(12-14)20-18(21(16)2)13-22-7-9-23(10-8-22)19(24)17-4-3-11-25-17/h3-6,11-12H,7-10,13H2,1-2H3. The lowest BCUT2D eigenvalue weighted by molar-refractivity contribution is 0.0594. The normalized spacial score (nSPS) is 15.8. The molecule has 6 nitrogen and oxygen atoms in total. The molecular weight excluding hydrogens is 316 g/mol. The number of fused-ring (bicyclic) bond motifs is 1. The Morgan fingerprint density at radius 1 is 1.20 bits per heavy atom. The Kier molecular flexibility index (Phi) is 4.05. The number of aryl methyl sites for hydroxylation is 2. The van der Waals surface area contributed by atoms with E-state index in [0.29, 0.717) is 18.8 Å². The number of carbonyl (C=O) groups is 1. The molecule has 6 heteroatoms. The van der Waals surface area contributed by atoms with Crippen molar-refractivity contribution in [2.75, 3.05) is 26.2 Å². The van der Waals surface area contributed by atoms with E-state index in [-0.39, 0.29) is 5.91 Å². The number of benzene rings is 1. The van der Waals surface area contributed by atoms with Gasteiger partial charge >= 0.3 is 0 Å². The molecule has 3 aromatic rings. The summed E-state index contributed by atoms with van der Waals surface area (Å²) >= 11 is 0. The van der Waals surface area contributed by atoms with E-state index in [9.17, 15) is 4.79 Å². The van der Waals surface area contributed by atoms with Gasteiger partial charge in [-0.25, -0.2) is 4.98 Å². The molecule has 1 amide bonds. The van der Waals surface area contributed by atoms with Crippen molar-refractivity contribution < 1.29 is 9.21 Å². The molecule has 0 N–H and O–H groups in total. The summed E-state index contributed by atoms with van der Waals surface area (Å²) in [5.41, 5.74) is 3.43. The maximum atomic E-state index is 12.3. The summed E-state index contributed by atoms with van der Waals surface area (Å²) in [4.78, 5) is 21.3. The van der Waals surface area contributed by atoms with E-state index >= 15 is 0 Å². The van der Waals surface area contributed by atoms with Crippen LogP contribution >= 0.6 is 0 Å². The van der Waals surface area contributed by atoms with Gasteiger partial charge in [-0.2, -0.15) is 0 Å². The number of amides is 1. The maximum Gasteiger partial charge on any atom is 0.289 e. The molecule has 0 saturated carbocycles. The molecule has 2 aromatic heterocycles. The average molecular weight is 338 g/mol. The Morgan fingerprint density at radius 3 is 2.72 bits per heavy atom. The number of rotatable bonds is 3. The third kappa shape index (κ3) is 3.05. The van der Waals surface area contributed by atoms with Crippen molar-refractivity contribution in [3.05, 3.63) is 53.7 Å². The first kappa shape index (κ1) is 15.9. The van der Waals surface area contributed by atoms with Crippen LogP contribution in [0.1, 0.15) is 21.9 Å². The molecule has 0 spiro atoms. The van der Waals surface area contributed by atoms with Crippen molar-refractivity contribution in [2.24, 2.45) is 7.05 Å². The molecule has 1 aliphatic heterocycles. The Bertz CT molecular complexity index is 890. The van der Waals surface area contributed by atoms with E-state index in [4.69, 9.17) is 9.40 Å². The number of carbonyl (C=O) groups excluding carboxylic acids is 1. The molecule has 4 rings (SSSR count). The molecule has 0 aliphatic carbocycles. The molecule has 1 aliphatic rings. The van der Waals surface area contributed by atoms with Crippen LogP contribution in [-0.2, 0) is 13.6 Å². The molecular formula is C19H22N4O2. The van der Waals surface area contributed by atoms with Crippen LogP contribution in [0.5, 0.6) is 0 Å². The molecule has 0 radical (unpaired) electrons. The number of piperazine rings is 1. The van der Waals surface area contributed by atoms with Crippen LogP contribution in [0.4, 0.5) is 0 Å². The fourth-order valence-corrected chi connectivity index (χ4v) is 3.37. The largest absolute Gasteiger partial charge is 0.459 e. The van der Waals surface area contributed by atoms with Gasteiger partial charge in [0.05, 0.1) is 23.8 Å². The highest BCUT2D eigenvalue weighted by Crippen LogP contribution is 2.18. The summed E-state index contributed by atoms with van der Waals surface area (Å²) in [7, 11) is 2.07. The van der Waals surface area contributed by atoms with Crippen LogP contribution in [0.15, 0.2) is 41.0 Å². The van der Waals surface area contributed by atoms with Gasteiger partial charge in [0.1, 0.15) is 5.82 Å². The third-order valence-electron chi connectivity index (χ3n) is 4.89. The Labute approximate surface area is 146 Å². The van der Waals surface area contributed by atoms with Gasteiger partial charge in [0.2, 0.25) is 0 Å². The quantitative estimate of drug-likeness (QED) is 0.736. The monoisotopic (exact) mass is 338 g/mol. The second-order valence-electron chi connectivity index (χ2n) is 6.62. The van der Waals surface area contributed by atoms with Crippen LogP contribution < -0.4 is 0 Å². The minimum absolute atomic E-state index is 0.0251. The van der Waals surface area contributed by atoms with Crippen molar-refractivity contribution in [3.63, 3.8) is 0 Å². The second kappa shape index (κ2) is 6.37. The zero-order chi connectivity index (χ0) is 17.4. The lowest BCUT2D eigenvalue weighted by atomic mass is 10.2. The molecule has 1 fully saturated rings. The minimum Gasteiger partial charge on any atom is -0.459 e. The molecule has 1 aromatic carbocycles. The smallest absolute Gasteiger partial charge is 0.289 e. The van der Waals surface area contributed by atoms with E-state index in [1.165, 1.54) is 11.8 Å². The molecule has 130 valence electrons. The number of hydrogen-bond donors (Lipinski definition) is 0. The first-order valence-electron chi connectivity index (χ1n) is 8.59. The molecule has 25 heavy (non-hydrogen) atoms. The third-order valence-corrected chi connectivity index (χ3v) is 4.89. The second-order valence-corrected chi connectivity index (χ2v) is 6.62. The van der Waals surface area contributed by atoms with Gasteiger partial charge in [-0.3, -0.25) is 9.69 Å². The van der Waals surface area contributed by atoms with Gasteiger partial charge in [0.15, 0.2) is 5.76 Å². The highest BCUT2D eigenvalue weighted by Gasteiger charge is 2.24. The molecule has 1 saturated heterocycles. The van der Waals surface area contributed by atoms with Crippen LogP contribution in [-0.4, -0.2) is 51.4 Å². The van der Waals surface area contributed by atoms with Gasteiger partial charge in [-0.15, -0.1) is 0 Å². The molecule has 3 heterocycles. The summed E-state index contributed by atoms with van der Waals surface area (Å²) in [5.74, 6) is 1.45. The van der Waals surface area contributed by atoms with Gasteiger partial charge < -0.3 is 13.9 Å². The number of imidazole rings is 1. The van der Waals surface area contributed by atoms with Gasteiger partial charge in [0, 0.05) is 33.2 Å². The Morgan fingerprint density at radius 2 is 2.00 bits per heavy atom. The highest BCUT2D eigenvalue weighted by atomic mass is 16.3. The van der Waals surface area contributed by atoms with Crippen molar-refractivity contribution in [1.82, 2.24) is 19.4 Å². The van der Waals surface area contributed by atoms with E-state index in [1.54, 1.807) is 12.1 Å². The summed E-state index contributed by atoms with van der Waals surface area (Å²) < 4.78 is 7.37. The van der Waals surface area contributed by atoms with Gasteiger partial charge in [0.25, 0.3) is 5.91 Å². The predicted octanol–water partition coefficient (Wildman–Crippen LogP) is 2.43. The summed E-state index contributed by atoms with van der Waals surface area (Å²) in [6, 6.07) is 9.83. The van der Waals surface area contributed by atoms with Crippen molar-refractivity contribution in [2.45, 2.75) is 13.5 Å². The van der Waals surface area contributed by atoms with E-state index in [2.05, 4.69) is 41.6 Å². The fraction of sp³-hybridized carbons (Fsp3) is 0.368. The molecule has 0 unspecified atom stereocenters. The summed E-state index contributed by atoms with van der Waals surface area (Å²) in [6.45, 7) is 5.99. The first-order valence-corrected chi connectivity index (χ1v) is 8.59. The summed E-state index contributed by atoms with van der Waals surface area (Å²) in [6.07, 6.45) is 1.54. The van der Waals surface area contributed by atoms with Gasteiger partial charge in [-0.05, 0) is 36.8 Å². The number of nitrogens with zero attached hydrogens (tertiary/aromatic N) is 4. The van der Waals surface area contributed by atoms with Crippen molar-refractivity contribution >= 4 is 16.9 Å². The Hall–Kier alpha value is -2.60. The molecule has 0 bridgehead atoms. The Balaban J connectivity index is 1.42. The fourth-order valence-electron chi connectivity index (χ4n) is 3.37. The first-order chi connectivity index (χ1) is 12.1. The van der Waals surface area contributed by atoms with Crippen molar-refractivity contribution in [1.29, 1.82) is 0 Å². The minimum atomic E-state index is -0.0251. The van der Waals surface area contributed by atoms with Crippen LogP contribution in [0.25, 0.3) is 11.0 Å². The van der Waals surface area contributed by atoms with E-state index in [1.807, 2.05) is 4.90 Å². The van der Waals surface area contributed by atoms with Gasteiger partial charge in [-0.1, -0.05) is 6.07 Å². The number of aromatic nitrogens is 2. The highest BCUT2D eigenvalue weighted by molar-refractivity contribution is 5.91. The zero-order valence-electron chi connectivity index (χ0n) is 14.6. The van der Waals surface area contributed by atoms with Crippen LogP contribution in [0.3, 0.4) is 0 Å². The lowest BCUT2D eigenvalue weighted by Gasteiger charge is -2.34. The zero-order valence-corrected chi connectivity index (χ0v) is 14.6.